The number of nitrogens with one attached hydrogen (secondary N) is 1. The minimum absolute atomic E-state index is 0.0414. The van der Waals surface area contributed by atoms with Crippen molar-refractivity contribution in [1.82, 2.24) is 0 Å². The Balaban J connectivity index is 2.61. The van der Waals surface area contributed by atoms with E-state index in [0.717, 1.165) is 0 Å². The molecule has 6 nitrogen and oxygen atoms in total. The van der Waals surface area contributed by atoms with Crippen molar-refractivity contribution in [2.75, 3.05) is 25.1 Å². The Morgan fingerprint density at radius 3 is 2.71 bits per heavy atom. The van der Waals surface area contributed by atoms with Crippen LogP contribution in [-0.2, 0) is 9.53 Å². The number of hydrogen-bond donors (Lipinski definition) is 3. The van der Waals surface area contributed by atoms with Gasteiger partial charge in [0.05, 0.1) is 17.9 Å². The zero-order valence-electron chi connectivity index (χ0n) is 9.18. The van der Waals surface area contributed by atoms with Gasteiger partial charge in [0.15, 0.2) is 0 Å². The van der Waals surface area contributed by atoms with E-state index in [9.17, 15) is 9.59 Å². The van der Waals surface area contributed by atoms with Gasteiger partial charge in [-0.25, -0.2) is 4.79 Å². The number of anilines is 1. The number of ether oxygens (including phenoxy) is 1. The van der Waals surface area contributed by atoms with Crippen LogP contribution in [0.3, 0.4) is 0 Å². The molecule has 0 unspecified atom stereocenters. The lowest BCUT2D eigenvalue weighted by molar-refractivity contribution is -0.120. The molecule has 0 fully saturated rings. The summed E-state index contributed by atoms with van der Waals surface area (Å²) in [5, 5.41) is 11.4. The third-order valence-electron chi connectivity index (χ3n) is 1.93. The Hall–Kier alpha value is -1.92. The van der Waals surface area contributed by atoms with E-state index < -0.39 is 11.9 Å². The van der Waals surface area contributed by atoms with Crippen LogP contribution in [0.15, 0.2) is 24.3 Å². The van der Waals surface area contributed by atoms with Crippen LogP contribution < -0.4 is 11.1 Å². The molecule has 0 heterocycles. The lowest BCUT2D eigenvalue weighted by atomic mass is 10.2. The molecule has 0 saturated carbocycles. The highest BCUT2D eigenvalue weighted by Gasteiger charge is 2.11. The molecule has 0 bridgehead atoms. The lowest BCUT2D eigenvalue weighted by Crippen LogP contribution is -2.21. The molecule has 0 atom stereocenters. The summed E-state index contributed by atoms with van der Waals surface area (Å²) in [7, 11) is 0. The van der Waals surface area contributed by atoms with E-state index in [2.05, 4.69) is 5.32 Å². The Kier molecular flexibility index (Phi) is 5.12. The summed E-state index contributed by atoms with van der Waals surface area (Å²) in [4.78, 5) is 22.3. The van der Waals surface area contributed by atoms with Gasteiger partial charge in [-0.15, -0.1) is 0 Å². The van der Waals surface area contributed by atoms with Crippen molar-refractivity contribution in [3.05, 3.63) is 29.8 Å². The predicted octanol–water partition coefficient (Wildman–Crippen LogP) is 0.299. The Morgan fingerprint density at radius 2 is 2.06 bits per heavy atom. The van der Waals surface area contributed by atoms with Crippen LogP contribution >= 0.6 is 0 Å². The maximum absolute atomic E-state index is 11.4. The standard InChI is InChI=1S/C11H14N2O4/c12-5-6-17-7-10(14)13-9-4-2-1-3-8(9)11(15)16/h1-4H,5-7,12H2,(H,13,14)(H,15,16). The first-order chi connectivity index (χ1) is 8.15. The number of para-hydroxylation sites is 1. The summed E-state index contributed by atoms with van der Waals surface area (Å²) < 4.78 is 4.93. The fourth-order valence-corrected chi connectivity index (χ4v) is 1.21. The first kappa shape index (κ1) is 13.1. The van der Waals surface area contributed by atoms with E-state index in [1.165, 1.54) is 12.1 Å². The molecule has 6 heteroatoms. The molecule has 4 N–H and O–H groups in total. The van der Waals surface area contributed by atoms with Crippen LogP contribution in [0.1, 0.15) is 10.4 Å². The first-order valence-corrected chi connectivity index (χ1v) is 5.05. The summed E-state index contributed by atoms with van der Waals surface area (Å²) in [6.07, 6.45) is 0. The van der Waals surface area contributed by atoms with Gasteiger partial charge in [0.25, 0.3) is 0 Å². The SMILES string of the molecule is NCCOCC(=O)Nc1ccccc1C(=O)O. The molecular weight excluding hydrogens is 224 g/mol. The minimum atomic E-state index is -1.09. The number of hydrogen-bond acceptors (Lipinski definition) is 4. The molecule has 0 aromatic heterocycles. The minimum Gasteiger partial charge on any atom is -0.478 e. The van der Waals surface area contributed by atoms with E-state index in [1.807, 2.05) is 0 Å². The van der Waals surface area contributed by atoms with Crippen LogP contribution in [0.4, 0.5) is 5.69 Å². The number of rotatable bonds is 6. The van der Waals surface area contributed by atoms with Crippen LogP contribution in [0.2, 0.25) is 0 Å². The topological polar surface area (TPSA) is 102 Å². The molecule has 0 saturated heterocycles. The van der Waals surface area contributed by atoms with E-state index >= 15 is 0 Å². The maximum Gasteiger partial charge on any atom is 0.337 e. The largest absolute Gasteiger partial charge is 0.478 e. The van der Waals surface area contributed by atoms with Crippen LogP contribution in [0.25, 0.3) is 0 Å². The van der Waals surface area contributed by atoms with Crippen molar-refractivity contribution < 1.29 is 19.4 Å². The summed E-state index contributed by atoms with van der Waals surface area (Å²) in [6, 6.07) is 6.16. The molecule has 0 spiro atoms. The number of carboxylic acid groups (broad SMARTS) is 1. The van der Waals surface area contributed by atoms with E-state index in [1.54, 1.807) is 12.1 Å². The molecule has 0 aliphatic heterocycles. The van der Waals surface area contributed by atoms with Gasteiger partial charge in [-0.2, -0.15) is 0 Å². The van der Waals surface area contributed by atoms with Gasteiger partial charge < -0.3 is 20.9 Å². The Bertz CT molecular complexity index is 406. The van der Waals surface area contributed by atoms with Gasteiger partial charge in [0, 0.05) is 6.54 Å². The fraction of sp³-hybridized carbons (Fsp3) is 0.273. The number of carboxylic acids is 1. The second-order valence-electron chi connectivity index (χ2n) is 3.24. The third kappa shape index (κ3) is 4.21. The van der Waals surface area contributed by atoms with E-state index in [4.69, 9.17) is 15.6 Å². The number of aromatic carboxylic acids is 1. The molecule has 0 aliphatic rings. The van der Waals surface area contributed by atoms with Crippen LogP contribution in [0.5, 0.6) is 0 Å². The van der Waals surface area contributed by atoms with Gasteiger partial charge in [0.2, 0.25) is 5.91 Å². The van der Waals surface area contributed by atoms with E-state index in [-0.39, 0.29) is 24.5 Å². The Labute approximate surface area is 98.4 Å². The van der Waals surface area contributed by atoms with Crippen molar-refractivity contribution >= 4 is 17.6 Å². The number of carbonyl (C=O) groups is 2. The predicted molar refractivity (Wildman–Crippen MR) is 61.9 cm³/mol. The van der Waals surface area contributed by atoms with E-state index in [0.29, 0.717) is 6.54 Å². The molecule has 0 aliphatic carbocycles. The number of amides is 1. The molecule has 1 rings (SSSR count). The zero-order chi connectivity index (χ0) is 12.7. The second-order valence-corrected chi connectivity index (χ2v) is 3.24. The number of carbonyl (C=O) groups excluding carboxylic acids is 1. The highest BCUT2D eigenvalue weighted by molar-refractivity contribution is 6.00. The fourth-order valence-electron chi connectivity index (χ4n) is 1.21. The van der Waals surface area contributed by atoms with Crippen LogP contribution in [-0.4, -0.2) is 36.7 Å². The average Bonchev–Trinajstić information content (AvgIpc) is 2.29. The maximum atomic E-state index is 11.4. The monoisotopic (exact) mass is 238 g/mol. The van der Waals surface area contributed by atoms with Gasteiger partial charge in [-0.05, 0) is 12.1 Å². The van der Waals surface area contributed by atoms with Crippen molar-refractivity contribution in [3.8, 4) is 0 Å². The zero-order valence-corrected chi connectivity index (χ0v) is 9.18. The normalized spacial score (nSPS) is 9.94. The summed E-state index contributed by atoms with van der Waals surface area (Å²) in [5.41, 5.74) is 5.49. The number of nitrogens with two attached hydrogens (primary N) is 1. The van der Waals surface area contributed by atoms with Crippen molar-refractivity contribution in [3.63, 3.8) is 0 Å². The molecule has 0 radical (unpaired) electrons. The quantitative estimate of drug-likeness (QED) is 0.618. The smallest absolute Gasteiger partial charge is 0.337 e. The average molecular weight is 238 g/mol. The molecule has 1 amide bonds. The van der Waals surface area contributed by atoms with Crippen molar-refractivity contribution in [2.24, 2.45) is 5.73 Å². The summed E-state index contributed by atoms with van der Waals surface area (Å²) in [6.45, 7) is 0.470. The first-order valence-electron chi connectivity index (χ1n) is 5.05. The third-order valence-corrected chi connectivity index (χ3v) is 1.93. The Morgan fingerprint density at radius 1 is 1.35 bits per heavy atom. The van der Waals surface area contributed by atoms with Crippen molar-refractivity contribution in [2.45, 2.75) is 0 Å². The summed E-state index contributed by atoms with van der Waals surface area (Å²) >= 11 is 0. The van der Waals surface area contributed by atoms with Gasteiger partial charge >= 0.3 is 5.97 Å². The molecule has 92 valence electrons. The second kappa shape index (κ2) is 6.62. The molecule has 1 aromatic carbocycles. The molecule has 1 aromatic rings. The highest BCUT2D eigenvalue weighted by Crippen LogP contribution is 2.14. The molecular formula is C11H14N2O4. The highest BCUT2D eigenvalue weighted by atomic mass is 16.5. The van der Waals surface area contributed by atoms with Gasteiger partial charge in [0.1, 0.15) is 6.61 Å². The molecule has 17 heavy (non-hydrogen) atoms. The number of benzene rings is 1. The lowest BCUT2D eigenvalue weighted by Gasteiger charge is -2.08. The van der Waals surface area contributed by atoms with Crippen LogP contribution in [0, 0.1) is 0 Å². The van der Waals surface area contributed by atoms with Gasteiger partial charge in [-0.1, -0.05) is 12.1 Å². The van der Waals surface area contributed by atoms with Gasteiger partial charge in [-0.3, -0.25) is 4.79 Å². The summed E-state index contributed by atoms with van der Waals surface area (Å²) in [5.74, 6) is -1.50. The van der Waals surface area contributed by atoms with Crippen molar-refractivity contribution in [1.29, 1.82) is 0 Å².